The van der Waals surface area contributed by atoms with Crippen LogP contribution in [0, 0.1) is 0 Å². The van der Waals surface area contributed by atoms with Crippen LogP contribution in [0.3, 0.4) is 0 Å². The second-order valence-electron chi connectivity index (χ2n) is 4.66. The Kier molecular flexibility index (Phi) is 4.35. The predicted octanol–water partition coefficient (Wildman–Crippen LogP) is 2.66. The monoisotopic (exact) mass is 269 g/mol. The van der Waals surface area contributed by atoms with E-state index in [9.17, 15) is 4.79 Å². The molecule has 2 rings (SSSR count). The lowest BCUT2D eigenvalue weighted by Crippen LogP contribution is -2.31. The minimum Gasteiger partial charge on any atom is -0.469 e. The molecule has 0 saturated heterocycles. The fourth-order valence-electron chi connectivity index (χ4n) is 2.45. The van der Waals surface area contributed by atoms with Gasteiger partial charge in [0.2, 0.25) is 0 Å². The van der Waals surface area contributed by atoms with E-state index < -0.39 is 0 Å². The number of thiazole rings is 1. The molecule has 1 aliphatic rings. The normalized spacial score (nSPS) is 18.6. The Labute approximate surface area is 111 Å². The van der Waals surface area contributed by atoms with Gasteiger partial charge < -0.3 is 9.47 Å². The Bertz CT molecular complexity index is 410. The van der Waals surface area contributed by atoms with Gasteiger partial charge in [-0.25, -0.2) is 4.98 Å². The smallest absolute Gasteiger partial charge is 0.311 e. The number of ether oxygens (including phenoxy) is 2. The Morgan fingerprint density at radius 3 is 2.72 bits per heavy atom. The van der Waals surface area contributed by atoms with Crippen molar-refractivity contribution in [1.29, 1.82) is 0 Å². The summed E-state index contributed by atoms with van der Waals surface area (Å²) < 4.78 is 10.4. The molecule has 0 aromatic carbocycles. The molecule has 0 N–H and O–H groups in total. The fraction of sp³-hybridized carbons (Fsp3) is 0.692. The van der Waals surface area contributed by atoms with Crippen molar-refractivity contribution < 1.29 is 14.3 Å². The molecule has 0 radical (unpaired) electrons. The van der Waals surface area contributed by atoms with Crippen molar-refractivity contribution in [1.82, 2.24) is 4.98 Å². The van der Waals surface area contributed by atoms with Gasteiger partial charge in [-0.1, -0.05) is 19.3 Å². The van der Waals surface area contributed by atoms with Gasteiger partial charge in [0.15, 0.2) is 0 Å². The number of rotatable bonds is 4. The summed E-state index contributed by atoms with van der Waals surface area (Å²) in [5.74, 6) is -0.248. The van der Waals surface area contributed by atoms with Crippen LogP contribution in [-0.4, -0.2) is 25.2 Å². The van der Waals surface area contributed by atoms with E-state index >= 15 is 0 Å². The van der Waals surface area contributed by atoms with E-state index in [0.717, 1.165) is 23.5 Å². The summed E-state index contributed by atoms with van der Waals surface area (Å²) >= 11 is 1.59. The highest BCUT2D eigenvalue weighted by Crippen LogP contribution is 2.41. The third-order valence-corrected chi connectivity index (χ3v) is 4.62. The lowest BCUT2D eigenvalue weighted by molar-refractivity contribution is -0.139. The number of carbonyl (C=O) groups is 1. The summed E-state index contributed by atoms with van der Waals surface area (Å²) in [5, 5.41) is 2.94. The van der Waals surface area contributed by atoms with Gasteiger partial charge in [0.1, 0.15) is 10.6 Å². The molecule has 0 unspecified atom stereocenters. The van der Waals surface area contributed by atoms with Crippen molar-refractivity contribution in [3.63, 3.8) is 0 Å². The maximum absolute atomic E-state index is 11.2. The van der Waals surface area contributed by atoms with Crippen LogP contribution in [0.1, 0.15) is 42.8 Å². The first-order chi connectivity index (χ1) is 8.70. The van der Waals surface area contributed by atoms with E-state index in [0.29, 0.717) is 0 Å². The number of hydrogen-bond acceptors (Lipinski definition) is 5. The molecule has 18 heavy (non-hydrogen) atoms. The Balaban J connectivity index is 2.14. The quantitative estimate of drug-likeness (QED) is 0.788. The van der Waals surface area contributed by atoms with Gasteiger partial charge in [0.05, 0.1) is 19.2 Å². The molecule has 1 heterocycles. The number of hydrogen-bond donors (Lipinski definition) is 0. The SMILES string of the molecule is COC(=O)Cc1csc(C2(OC)CCCCC2)n1. The lowest BCUT2D eigenvalue weighted by atomic mass is 9.85. The van der Waals surface area contributed by atoms with Crippen molar-refractivity contribution in [3.8, 4) is 0 Å². The van der Waals surface area contributed by atoms with Crippen LogP contribution in [-0.2, 0) is 26.3 Å². The molecule has 1 aromatic rings. The Morgan fingerprint density at radius 2 is 2.11 bits per heavy atom. The van der Waals surface area contributed by atoms with Gasteiger partial charge in [-0.2, -0.15) is 0 Å². The molecule has 0 amide bonds. The largest absolute Gasteiger partial charge is 0.469 e. The third kappa shape index (κ3) is 2.72. The predicted molar refractivity (Wildman–Crippen MR) is 69.6 cm³/mol. The highest BCUT2D eigenvalue weighted by atomic mass is 32.1. The topological polar surface area (TPSA) is 48.4 Å². The molecule has 0 aliphatic heterocycles. The van der Waals surface area contributed by atoms with E-state index in [4.69, 9.17) is 4.74 Å². The van der Waals surface area contributed by atoms with E-state index in [1.807, 2.05) is 5.38 Å². The first-order valence-electron chi connectivity index (χ1n) is 6.27. The molecule has 100 valence electrons. The molecular formula is C13H19NO3S. The zero-order valence-corrected chi connectivity index (χ0v) is 11.7. The van der Waals surface area contributed by atoms with Crippen molar-refractivity contribution in [2.75, 3.05) is 14.2 Å². The van der Waals surface area contributed by atoms with E-state index in [2.05, 4.69) is 9.72 Å². The van der Waals surface area contributed by atoms with Crippen LogP contribution < -0.4 is 0 Å². The number of aromatic nitrogens is 1. The van der Waals surface area contributed by atoms with Gasteiger partial charge in [-0.15, -0.1) is 11.3 Å². The van der Waals surface area contributed by atoms with Gasteiger partial charge in [0, 0.05) is 12.5 Å². The first-order valence-corrected chi connectivity index (χ1v) is 7.15. The molecule has 1 saturated carbocycles. The highest BCUT2D eigenvalue weighted by molar-refractivity contribution is 7.09. The summed E-state index contributed by atoms with van der Waals surface area (Å²) in [4.78, 5) is 15.8. The Morgan fingerprint density at radius 1 is 1.39 bits per heavy atom. The second-order valence-corrected chi connectivity index (χ2v) is 5.51. The molecule has 4 nitrogen and oxygen atoms in total. The highest BCUT2D eigenvalue weighted by Gasteiger charge is 2.36. The summed E-state index contributed by atoms with van der Waals surface area (Å²) in [7, 11) is 3.15. The van der Waals surface area contributed by atoms with E-state index in [1.165, 1.54) is 26.4 Å². The molecule has 1 aliphatic carbocycles. The zero-order valence-electron chi connectivity index (χ0n) is 10.9. The summed E-state index contributed by atoms with van der Waals surface area (Å²) in [6, 6.07) is 0. The minimum absolute atomic E-state index is 0.225. The van der Waals surface area contributed by atoms with Crippen molar-refractivity contribution in [2.45, 2.75) is 44.1 Å². The van der Waals surface area contributed by atoms with Crippen LogP contribution in [0.15, 0.2) is 5.38 Å². The maximum Gasteiger partial charge on any atom is 0.311 e. The molecule has 0 bridgehead atoms. The molecule has 0 atom stereocenters. The minimum atomic E-state index is -0.248. The van der Waals surface area contributed by atoms with Gasteiger partial charge in [-0.05, 0) is 12.8 Å². The van der Waals surface area contributed by atoms with Gasteiger partial charge in [-0.3, -0.25) is 4.79 Å². The standard InChI is InChI=1S/C13H19NO3S/c1-16-11(15)8-10-9-18-12(14-10)13(17-2)6-4-3-5-7-13/h9H,3-8H2,1-2H3. The van der Waals surface area contributed by atoms with Crippen molar-refractivity contribution in [2.24, 2.45) is 0 Å². The summed E-state index contributed by atoms with van der Waals surface area (Å²) in [6.45, 7) is 0. The second kappa shape index (κ2) is 5.80. The summed E-state index contributed by atoms with van der Waals surface area (Å²) in [5.41, 5.74) is 0.556. The van der Waals surface area contributed by atoms with E-state index in [-0.39, 0.29) is 18.0 Å². The molecule has 5 heteroatoms. The molecule has 1 aromatic heterocycles. The fourth-order valence-corrected chi connectivity index (χ4v) is 3.50. The van der Waals surface area contributed by atoms with Crippen LogP contribution in [0.4, 0.5) is 0 Å². The van der Waals surface area contributed by atoms with Gasteiger partial charge in [0.25, 0.3) is 0 Å². The van der Waals surface area contributed by atoms with Gasteiger partial charge >= 0.3 is 5.97 Å². The first kappa shape index (κ1) is 13.5. The lowest BCUT2D eigenvalue weighted by Gasteiger charge is -2.34. The van der Waals surface area contributed by atoms with Crippen LogP contribution in [0.2, 0.25) is 0 Å². The number of carbonyl (C=O) groups excluding carboxylic acids is 1. The van der Waals surface area contributed by atoms with Crippen LogP contribution in [0.25, 0.3) is 0 Å². The molecular weight excluding hydrogens is 250 g/mol. The maximum atomic E-state index is 11.2. The average Bonchev–Trinajstić information content (AvgIpc) is 2.88. The van der Waals surface area contributed by atoms with Crippen LogP contribution in [0.5, 0.6) is 0 Å². The van der Waals surface area contributed by atoms with Crippen molar-refractivity contribution in [3.05, 3.63) is 16.1 Å². The molecule has 0 spiro atoms. The Hall–Kier alpha value is -0.940. The third-order valence-electron chi connectivity index (χ3n) is 3.55. The molecule has 1 fully saturated rings. The number of nitrogens with zero attached hydrogens (tertiary/aromatic N) is 1. The zero-order chi connectivity index (χ0) is 13.0. The average molecular weight is 269 g/mol. The van der Waals surface area contributed by atoms with E-state index in [1.54, 1.807) is 18.4 Å². The summed E-state index contributed by atoms with van der Waals surface area (Å²) in [6.07, 6.45) is 5.92. The number of methoxy groups -OCH3 is 2. The van der Waals surface area contributed by atoms with Crippen LogP contribution >= 0.6 is 11.3 Å². The van der Waals surface area contributed by atoms with Crippen molar-refractivity contribution >= 4 is 17.3 Å². The number of esters is 1.